The Bertz CT molecular complexity index is 557. The molecule has 4 saturated carbocycles. The predicted molar refractivity (Wildman–Crippen MR) is 75.5 cm³/mol. The van der Waals surface area contributed by atoms with Gasteiger partial charge in [-0.15, -0.1) is 0 Å². The highest BCUT2D eigenvalue weighted by Crippen LogP contribution is 2.60. The fourth-order valence-electron chi connectivity index (χ4n) is 4.93. The van der Waals surface area contributed by atoms with Gasteiger partial charge in [-0.2, -0.15) is 0 Å². The van der Waals surface area contributed by atoms with Gasteiger partial charge in [0, 0.05) is 5.92 Å². The van der Waals surface area contributed by atoms with Crippen molar-refractivity contribution < 1.29 is 19.7 Å². The maximum Gasteiger partial charge on any atom is 0.320 e. The van der Waals surface area contributed by atoms with E-state index in [1.54, 1.807) is 12.1 Å². The number of para-hydroxylation sites is 1. The van der Waals surface area contributed by atoms with Crippen molar-refractivity contribution in [1.82, 2.24) is 0 Å². The fraction of sp³-hybridized carbons (Fsp3) is 0.588. The first-order valence-corrected chi connectivity index (χ1v) is 7.73. The highest BCUT2D eigenvalue weighted by atomic mass is 16.5. The van der Waals surface area contributed by atoms with Crippen LogP contribution in [-0.2, 0) is 4.79 Å². The van der Waals surface area contributed by atoms with E-state index in [1.165, 1.54) is 0 Å². The van der Waals surface area contributed by atoms with Crippen LogP contribution in [0.5, 0.6) is 5.75 Å². The second-order valence-electron chi connectivity index (χ2n) is 6.96. The molecule has 5 rings (SSSR count). The van der Waals surface area contributed by atoms with Crippen LogP contribution in [0.1, 0.15) is 25.7 Å². The summed E-state index contributed by atoms with van der Waals surface area (Å²) >= 11 is 0. The molecule has 4 bridgehead atoms. The Balaban J connectivity index is 1.63. The van der Waals surface area contributed by atoms with E-state index in [0.29, 0.717) is 24.5 Å². The summed E-state index contributed by atoms with van der Waals surface area (Å²) in [5, 5.41) is 20.9. The normalized spacial score (nSPS) is 43.8. The molecular formula is C17H20O4. The van der Waals surface area contributed by atoms with E-state index in [2.05, 4.69) is 0 Å². The molecule has 2 N–H and O–H groups in total. The first-order chi connectivity index (χ1) is 10.1. The average Bonchev–Trinajstić information content (AvgIpc) is 2.49. The summed E-state index contributed by atoms with van der Waals surface area (Å²) in [4.78, 5) is 12.7. The molecule has 0 spiro atoms. The Kier molecular flexibility index (Phi) is 2.88. The summed E-state index contributed by atoms with van der Waals surface area (Å²) < 4.78 is 5.52. The largest absolute Gasteiger partial charge is 0.426 e. The minimum absolute atomic E-state index is 0.134. The molecule has 1 aromatic carbocycles. The maximum absolute atomic E-state index is 12.7. The van der Waals surface area contributed by atoms with Crippen LogP contribution in [0.4, 0.5) is 0 Å². The Morgan fingerprint density at radius 2 is 1.90 bits per heavy atom. The van der Waals surface area contributed by atoms with Crippen molar-refractivity contribution >= 4 is 5.97 Å². The molecule has 0 aromatic heterocycles. The number of esters is 1. The van der Waals surface area contributed by atoms with Gasteiger partial charge in [0.2, 0.25) is 0 Å². The number of aliphatic hydroxyl groups excluding tert-OH is 2. The quantitative estimate of drug-likeness (QED) is 0.643. The second kappa shape index (κ2) is 4.55. The molecule has 0 aliphatic heterocycles. The van der Waals surface area contributed by atoms with E-state index >= 15 is 0 Å². The number of hydrogen-bond donors (Lipinski definition) is 2. The highest BCUT2D eigenvalue weighted by Gasteiger charge is 2.64. The zero-order valence-electron chi connectivity index (χ0n) is 11.8. The molecular weight excluding hydrogens is 268 g/mol. The molecule has 0 saturated heterocycles. The van der Waals surface area contributed by atoms with Crippen LogP contribution in [0.15, 0.2) is 30.3 Å². The van der Waals surface area contributed by atoms with Gasteiger partial charge in [-0.3, -0.25) is 4.79 Å². The second-order valence-corrected chi connectivity index (χ2v) is 6.96. The monoisotopic (exact) mass is 288 g/mol. The van der Waals surface area contributed by atoms with Crippen molar-refractivity contribution in [2.45, 2.75) is 37.9 Å². The lowest BCUT2D eigenvalue weighted by molar-refractivity contribution is -0.216. The number of carbonyl (C=O) groups is 1. The summed E-state index contributed by atoms with van der Waals surface area (Å²) in [6.45, 7) is 0. The Labute approximate surface area is 123 Å². The third-order valence-electron chi connectivity index (χ3n) is 5.77. The molecule has 4 fully saturated rings. The predicted octanol–water partition coefficient (Wildman–Crippen LogP) is 1.75. The number of ether oxygens (including phenoxy) is 1. The lowest BCUT2D eigenvalue weighted by atomic mass is 9.47. The van der Waals surface area contributed by atoms with Crippen LogP contribution in [0, 0.1) is 23.2 Å². The SMILES string of the molecule is O=C(Oc1ccccc1)C12CC3CC(C1)C(O)C(C3)C2O. The topological polar surface area (TPSA) is 66.8 Å². The lowest BCUT2D eigenvalue weighted by Crippen LogP contribution is -2.65. The van der Waals surface area contributed by atoms with Gasteiger partial charge in [0.1, 0.15) is 5.75 Å². The number of aliphatic hydroxyl groups is 2. The van der Waals surface area contributed by atoms with E-state index in [1.807, 2.05) is 18.2 Å². The first-order valence-electron chi connectivity index (χ1n) is 7.73. The van der Waals surface area contributed by atoms with Gasteiger partial charge in [0.05, 0.1) is 17.6 Å². The van der Waals surface area contributed by atoms with Gasteiger partial charge in [0.25, 0.3) is 0 Å². The van der Waals surface area contributed by atoms with Crippen molar-refractivity contribution in [3.63, 3.8) is 0 Å². The maximum atomic E-state index is 12.7. The van der Waals surface area contributed by atoms with E-state index in [0.717, 1.165) is 12.8 Å². The number of rotatable bonds is 2. The van der Waals surface area contributed by atoms with Crippen LogP contribution < -0.4 is 4.74 Å². The number of carbonyl (C=O) groups excluding carboxylic acids is 1. The molecule has 6 unspecified atom stereocenters. The minimum atomic E-state index is -0.814. The molecule has 0 radical (unpaired) electrons. The average molecular weight is 288 g/mol. The van der Waals surface area contributed by atoms with Crippen LogP contribution in [0.3, 0.4) is 0 Å². The highest BCUT2D eigenvalue weighted by molar-refractivity contribution is 5.80. The van der Waals surface area contributed by atoms with Crippen LogP contribution in [0.25, 0.3) is 0 Å². The molecule has 0 heterocycles. The van der Waals surface area contributed by atoms with E-state index in [-0.39, 0.29) is 17.8 Å². The van der Waals surface area contributed by atoms with Gasteiger partial charge in [0.15, 0.2) is 0 Å². The molecule has 1 aromatic rings. The van der Waals surface area contributed by atoms with Crippen LogP contribution in [0.2, 0.25) is 0 Å². The van der Waals surface area contributed by atoms with Crippen LogP contribution in [-0.4, -0.2) is 28.4 Å². The molecule has 0 amide bonds. The Morgan fingerprint density at radius 3 is 2.67 bits per heavy atom. The molecule has 6 atom stereocenters. The van der Waals surface area contributed by atoms with Gasteiger partial charge >= 0.3 is 5.97 Å². The zero-order valence-corrected chi connectivity index (χ0v) is 11.8. The smallest absolute Gasteiger partial charge is 0.320 e. The molecule has 21 heavy (non-hydrogen) atoms. The zero-order chi connectivity index (χ0) is 14.6. The van der Waals surface area contributed by atoms with E-state index < -0.39 is 17.6 Å². The fourth-order valence-corrected chi connectivity index (χ4v) is 4.93. The van der Waals surface area contributed by atoms with Crippen molar-refractivity contribution in [1.29, 1.82) is 0 Å². The Hall–Kier alpha value is -1.39. The summed E-state index contributed by atoms with van der Waals surface area (Å²) in [5.41, 5.74) is -0.814. The molecule has 4 aliphatic rings. The van der Waals surface area contributed by atoms with E-state index in [9.17, 15) is 15.0 Å². The first kappa shape index (κ1) is 13.3. The summed E-state index contributed by atoms with van der Waals surface area (Å²) in [6.07, 6.45) is 1.81. The minimum Gasteiger partial charge on any atom is -0.426 e. The van der Waals surface area contributed by atoms with Gasteiger partial charge < -0.3 is 14.9 Å². The van der Waals surface area contributed by atoms with E-state index in [4.69, 9.17) is 4.74 Å². The standard InChI is InChI=1S/C17H20O4/c18-14-11-6-10-7-13(14)15(19)17(8-10,9-11)16(20)21-12-4-2-1-3-5-12/h1-5,10-11,13-15,18-19H,6-9H2. The van der Waals surface area contributed by atoms with Crippen molar-refractivity contribution in [3.05, 3.63) is 30.3 Å². The summed E-state index contributed by atoms with van der Waals surface area (Å²) in [6, 6.07) is 9.01. The molecule has 112 valence electrons. The van der Waals surface area contributed by atoms with Crippen LogP contribution >= 0.6 is 0 Å². The Morgan fingerprint density at radius 1 is 1.14 bits per heavy atom. The summed E-state index contributed by atoms with van der Waals surface area (Å²) in [7, 11) is 0. The van der Waals surface area contributed by atoms with Crippen molar-refractivity contribution in [2.24, 2.45) is 23.2 Å². The van der Waals surface area contributed by atoms with Gasteiger partial charge in [-0.1, -0.05) is 18.2 Å². The van der Waals surface area contributed by atoms with Gasteiger partial charge in [-0.25, -0.2) is 0 Å². The third-order valence-corrected chi connectivity index (χ3v) is 5.77. The third kappa shape index (κ3) is 1.86. The number of hydrogen-bond acceptors (Lipinski definition) is 4. The summed E-state index contributed by atoms with van der Waals surface area (Å²) in [5.74, 6) is 0.594. The van der Waals surface area contributed by atoms with Crippen molar-refractivity contribution in [2.75, 3.05) is 0 Å². The lowest BCUT2D eigenvalue weighted by Gasteiger charge is -2.59. The van der Waals surface area contributed by atoms with Gasteiger partial charge in [-0.05, 0) is 49.7 Å². The molecule has 4 heteroatoms. The molecule has 4 aliphatic carbocycles. The van der Waals surface area contributed by atoms with Crippen molar-refractivity contribution in [3.8, 4) is 5.75 Å². The number of benzene rings is 1. The molecule has 4 nitrogen and oxygen atoms in total.